The predicted molar refractivity (Wildman–Crippen MR) is 122 cm³/mol. The second kappa shape index (κ2) is 9.06. The molecule has 1 atom stereocenters. The Balaban J connectivity index is 2.09. The van der Waals surface area contributed by atoms with E-state index in [4.69, 9.17) is 22.3 Å². The summed E-state index contributed by atoms with van der Waals surface area (Å²) >= 11 is 6.33. The third-order valence-corrected chi connectivity index (χ3v) is 5.20. The van der Waals surface area contributed by atoms with Crippen molar-refractivity contribution < 1.29 is 5.11 Å². The van der Waals surface area contributed by atoms with E-state index in [-0.39, 0.29) is 12.0 Å². The summed E-state index contributed by atoms with van der Waals surface area (Å²) in [6.45, 7) is 10.9. The highest BCUT2D eigenvalue weighted by Gasteiger charge is 2.28. The molecule has 9 heteroatoms. The molecule has 2 heterocycles. The summed E-state index contributed by atoms with van der Waals surface area (Å²) in [6.07, 6.45) is -0.511. The quantitative estimate of drug-likeness (QED) is 0.396. The van der Waals surface area contributed by atoms with Crippen LogP contribution in [-0.2, 0) is 6.54 Å². The van der Waals surface area contributed by atoms with Crippen LogP contribution in [0.15, 0.2) is 18.2 Å². The van der Waals surface area contributed by atoms with E-state index in [1.54, 1.807) is 6.92 Å². The van der Waals surface area contributed by atoms with Crippen molar-refractivity contribution in [3.05, 3.63) is 34.5 Å². The summed E-state index contributed by atoms with van der Waals surface area (Å²) < 4.78 is 2.09. The Morgan fingerprint density at radius 1 is 1.13 bits per heavy atom. The standard InChI is InChI=1S/C21H30ClN7O/c1-11(2)17-19-18(28-27-17)20(24-10-14-15(22)7-6-8-16(14)23)26-21(25-9-13(5)30)29(19)12(3)4/h6-8,11-13,24,30H,9-10,23H2,1-5H3,(H,25,26). The average molecular weight is 432 g/mol. The van der Waals surface area contributed by atoms with Crippen LogP contribution in [0.4, 0.5) is 17.5 Å². The number of anilines is 3. The molecule has 0 bridgehead atoms. The van der Waals surface area contributed by atoms with Crippen LogP contribution in [0, 0.1) is 0 Å². The van der Waals surface area contributed by atoms with Crippen LogP contribution >= 0.6 is 11.6 Å². The van der Waals surface area contributed by atoms with Gasteiger partial charge in [-0.3, -0.25) is 0 Å². The van der Waals surface area contributed by atoms with Crippen molar-refractivity contribution in [3.63, 3.8) is 0 Å². The molecule has 8 nitrogen and oxygen atoms in total. The normalized spacial score (nSPS) is 12.7. The van der Waals surface area contributed by atoms with Gasteiger partial charge in [0.25, 0.3) is 0 Å². The summed E-state index contributed by atoms with van der Waals surface area (Å²) in [4.78, 5) is 4.78. The molecule has 30 heavy (non-hydrogen) atoms. The van der Waals surface area contributed by atoms with Crippen LogP contribution in [-0.4, -0.2) is 37.5 Å². The van der Waals surface area contributed by atoms with Crippen LogP contribution < -0.4 is 16.4 Å². The second-order valence-corrected chi connectivity index (χ2v) is 8.48. The number of aliphatic hydroxyl groups is 1. The van der Waals surface area contributed by atoms with Crippen molar-refractivity contribution in [3.8, 4) is 11.4 Å². The molecular formula is C21H30ClN7O. The van der Waals surface area contributed by atoms with Crippen LogP contribution in [0.1, 0.15) is 57.8 Å². The average Bonchev–Trinajstić information content (AvgIpc) is 3.10. The number of hydrogen-bond donors (Lipinski definition) is 4. The number of nitrogens with two attached hydrogens (primary N) is 1. The van der Waals surface area contributed by atoms with Crippen molar-refractivity contribution in [2.75, 3.05) is 22.9 Å². The molecule has 0 radical (unpaired) electrons. The predicted octanol–water partition coefficient (Wildman–Crippen LogP) is 4.12. The molecule has 0 aliphatic carbocycles. The van der Waals surface area contributed by atoms with E-state index in [1.807, 2.05) is 18.2 Å². The minimum absolute atomic E-state index is 0.119. The number of nitrogens with zero attached hydrogens (tertiary/aromatic N) is 4. The summed E-state index contributed by atoms with van der Waals surface area (Å²) in [5.41, 5.74) is 10.0. The van der Waals surface area contributed by atoms with Gasteiger partial charge >= 0.3 is 0 Å². The van der Waals surface area contributed by atoms with Gasteiger partial charge in [0, 0.05) is 35.4 Å². The Hall–Kier alpha value is -2.58. The molecule has 1 aromatic rings. The first-order valence-electron chi connectivity index (χ1n) is 10.2. The Morgan fingerprint density at radius 3 is 2.47 bits per heavy atom. The lowest BCUT2D eigenvalue weighted by Crippen LogP contribution is -2.23. The molecule has 0 spiro atoms. The lowest BCUT2D eigenvalue weighted by Gasteiger charge is -2.25. The highest BCUT2D eigenvalue weighted by molar-refractivity contribution is 6.31. The van der Waals surface area contributed by atoms with Gasteiger partial charge in [0.15, 0.2) is 11.5 Å². The highest BCUT2D eigenvalue weighted by Crippen LogP contribution is 2.37. The number of hydrogen-bond acceptors (Lipinski definition) is 7. The Kier molecular flexibility index (Phi) is 6.67. The third-order valence-electron chi connectivity index (χ3n) is 4.84. The monoisotopic (exact) mass is 431 g/mol. The molecule has 0 saturated carbocycles. The molecule has 3 rings (SSSR count). The molecular weight excluding hydrogens is 402 g/mol. The zero-order valence-corrected chi connectivity index (χ0v) is 18.8. The molecule has 2 aliphatic heterocycles. The lowest BCUT2D eigenvalue weighted by atomic mass is 10.1. The zero-order valence-electron chi connectivity index (χ0n) is 18.1. The van der Waals surface area contributed by atoms with Crippen LogP contribution in [0.5, 0.6) is 0 Å². The summed E-state index contributed by atoms with van der Waals surface area (Å²) in [6, 6.07) is 5.57. The highest BCUT2D eigenvalue weighted by atomic mass is 35.5. The molecule has 1 unspecified atom stereocenters. The van der Waals surface area contributed by atoms with Gasteiger partial charge in [-0.05, 0) is 38.8 Å². The second-order valence-electron chi connectivity index (χ2n) is 8.08. The Labute approximate surface area is 182 Å². The van der Waals surface area contributed by atoms with Crippen molar-refractivity contribution >= 4 is 29.1 Å². The van der Waals surface area contributed by atoms with Crippen molar-refractivity contribution in [1.82, 2.24) is 19.7 Å². The molecule has 2 aliphatic rings. The number of fused-ring (bicyclic) bond motifs is 1. The molecule has 5 N–H and O–H groups in total. The van der Waals surface area contributed by atoms with Crippen molar-refractivity contribution in [2.24, 2.45) is 0 Å². The van der Waals surface area contributed by atoms with Gasteiger partial charge in [-0.15, -0.1) is 5.10 Å². The molecule has 0 aromatic heterocycles. The number of benzene rings is 1. The molecule has 0 amide bonds. The zero-order chi connectivity index (χ0) is 22.0. The van der Waals surface area contributed by atoms with E-state index in [1.165, 1.54) is 0 Å². The summed E-state index contributed by atoms with van der Waals surface area (Å²) in [5, 5.41) is 25.8. The van der Waals surface area contributed by atoms with Crippen LogP contribution in [0.3, 0.4) is 0 Å². The number of rotatable bonds is 8. The molecule has 1 aromatic carbocycles. The van der Waals surface area contributed by atoms with Crippen LogP contribution in [0.2, 0.25) is 5.02 Å². The van der Waals surface area contributed by atoms with Gasteiger partial charge in [0.1, 0.15) is 0 Å². The van der Waals surface area contributed by atoms with E-state index in [0.29, 0.717) is 41.3 Å². The van der Waals surface area contributed by atoms with E-state index in [2.05, 4.69) is 53.1 Å². The molecule has 0 saturated heterocycles. The lowest BCUT2D eigenvalue weighted by molar-refractivity contribution is 0.208. The SMILES string of the molecule is CC(O)CNc1nc(NCc2c(N)cccc2Cl)c2nnc(C(C)C)c-2n1C(C)C. The molecule has 162 valence electrons. The third kappa shape index (κ3) is 4.44. The summed E-state index contributed by atoms with van der Waals surface area (Å²) in [5.74, 6) is 1.43. The fourth-order valence-corrected chi connectivity index (χ4v) is 3.60. The maximum Gasteiger partial charge on any atom is 0.205 e. The van der Waals surface area contributed by atoms with Gasteiger partial charge in [-0.25, -0.2) is 0 Å². The largest absolute Gasteiger partial charge is 0.398 e. The van der Waals surface area contributed by atoms with E-state index >= 15 is 0 Å². The Morgan fingerprint density at radius 2 is 1.87 bits per heavy atom. The minimum atomic E-state index is -0.511. The van der Waals surface area contributed by atoms with Gasteiger partial charge in [0.05, 0.1) is 17.5 Å². The summed E-state index contributed by atoms with van der Waals surface area (Å²) in [7, 11) is 0. The number of aliphatic hydroxyl groups excluding tert-OH is 1. The van der Waals surface area contributed by atoms with E-state index < -0.39 is 6.10 Å². The van der Waals surface area contributed by atoms with Crippen LogP contribution in [0.25, 0.3) is 11.4 Å². The van der Waals surface area contributed by atoms with E-state index in [0.717, 1.165) is 17.0 Å². The van der Waals surface area contributed by atoms with E-state index in [9.17, 15) is 5.11 Å². The van der Waals surface area contributed by atoms with Gasteiger partial charge in [-0.2, -0.15) is 10.1 Å². The number of halogens is 1. The van der Waals surface area contributed by atoms with Crippen molar-refractivity contribution in [2.45, 2.75) is 59.2 Å². The first kappa shape index (κ1) is 22.1. The maximum absolute atomic E-state index is 9.77. The minimum Gasteiger partial charge on any atom is -0.398 e. The van der Waals surface area contributed by atoms with Gasteiger partial charge in [-0.1, -0.05) is 31.5 Å². The van der Waals surface area contributed by atoms with Gasteiger partial charge in [0.2, 0.25) is 5.95 Å². The Bertz CT molecular complexity index is 964. The smallest absolute Gasteiger partial charge is 0.205 e. The fourth-order valence-electron chi connectivity index (χ4n) is 3.35. The molecule has 0 fully saturated rings. The fraction of sp³-hybridized carbons (Fsp3) is 0.476. The number of aromatic nitrogens is 4. The van der Waals surface area contributed by atoms with Crippen molar-refractivity contribution in [1.29, 1.82) is 0 Å². The number of nitrogens with one attached hydrogen (secondary N) is 2. The first-order valence-corrected chi connectivity index (χ1v) is 10.6. The number of nitrogen functional groups attached to an aromatic ring is 1. The topological polar surface area (TPSA) is 114 Å². The van der Waals surface area contributed by atoms with Gasteiger partial charge < -0.3 is 26.0 Å². The first-order chi connectivity index (χ1) is 14.2. The maximum atomic E-state index is 9.77.